The summed E-state index contributed by atoms with van der Waals surface area (Å²) in [7, 11) is 2.04. The highest BCUT2D eigenvalue weighted by molar-refractivity contribution is 5.94. The summed E-state index contributed by atoms with van der Waals surface area (Å²) in [6.07, 6.45) is 0. The maximum atomic E-state index is 13.3. The molecule has 0 spiro atoms. The topological polar surface area (TPSA) is 44.4 Å². The fraction of sp³-hybridized carbons (Fsp3) is 0.316. The molecule has 1 saturated heterocycles. The average Bonchev–Trinajstić information content (AvgIpc) is 2.64. The van der Waals surface area contributed by atoms with E-state index in [0.717, 1.165) is 31.8 Å². The summed E-state index contributed by atoms with van der Waals surface area (Å²) in [6.45, 7) is 3.24. The van der Waals surface area contributed by atoms with Gasteiger partial charge in [-0.05, 0) is 42.4 Å². The minimum Gasteiger partial charge on any atom is -0.350 e. The number of nitrogens with zero attached hydrogens (tertiary/aromatic N) is 1. The fourth-order valence-electron chi connectivity index (χ4n) is 2.98. The third-order valence-electron chi connectivity index (χ3n) is 4.43. The number of rotatable bonds is 4. The monoisotopic (exact) mass is 363 g/mol. The number of piperazine rings is 1. The molecule has 1 atom stereocenters. The summed E-state index contributed by atoms with van der Waals surface area (Å²) >= 11 is 0. The second-order valence-corrected chi connectivity index (χ2v) is 6.45. The third kappa shape index (κ3) is 4.23. The zero-order valence-electron chi connectivity index (χ0n) is 14.4. The molecule has 1 aliphatic heterocycles. The van der Waals surface area contributed by atoms with Gasteiger partial charge in [-0.15, -0.1) is 0 Å². The average molecular weight is 363 g/mol. The first-order valence-corrected chi connectivity index (χ1v) is 8.39. The van der Waals surface area contributed by atoms with Crippen molar-refractivity contribution in [1.82, 2.24) is 15.5 Å². The molecule has 2 N–H and O–H groups in total. The van der Waals surface area contributed by atoms with Crippen LogP contribution in [0.3, 0.4) is 0 Å². The largest absolute Gasteiger partial charge is 0.350 e. The van der Waals surface area contributed by atoms with Gasteiger partial charge in [0, 0.05) is 37.8 Å². The number of likely N-dealkylation sites (N-methyl/N-ethyl adjacent to an activating group) is 1. The van der Waals surface area contributed by atoms with Gasteiger partial charge in [0.2, 0.25) is 0 Å². The Morgan fingerprint density at radius 1 is 1.15 bits per heavy atom. The van der Waals surface area contributed by atoms with Crippen molar-refractivity contribution in [1.29, 1.82) is 0 Å². The Balaban J connectivity index is 1.64. The summed E-state index contributed by atoms with van der Waals surface area (Å²) in [4.78, 5) is 14.4. The van der Waals surface area contributed by atoms with Gasteiger partial charge in [-0.25, -0.2) is 13.2 Å². The van der Waals surface area contributed by atoms with Crippen LogP contribution in [0.5, 0.6) is 0 Å². The molecule has 1 amide bonds. The molecule has 0 saturated carbocycles. The van der Waals surface area contributed by atoms with Crippen LogP contribution in [-0.4, -0.2) is 50.1 Å². The van der Waals surface area contributed by atoms with Crippen LogP contribution in [0.15, 0.2) is 36.4 Å². The van der Waals surface area contributed by atoms with Crippen LogP contribution in [0.25, 0.3) is 11.1 Å². The first-order valence-electron chi connectivity index (χ1n) is 8.39. The molecule has 0 aliphatic carbocycles. The van der Waals surface area contributed by atoms with Crippen LogP contribution in [0.4, 0.5) is 13.2 Å². The lowest BCUT2D eigenvalue weighted by atomic mass is 10.0. The van der Waals surface area contributed by atoms with E-state index < -0.39 is 17.5 Å². The number of amides is 1. The molecule has 26 heavy (non-hydrogen) atoms. The molecule has 1 fully saturated rings. The van der Waals surface area contributed by atoms with Crippen LogP contribution < -0.4 is 10.6 Å². The maximum Gasteiger partial charge on any atom is 0.251 e. The predicted molar refractivity (Wildman–Crippen MR) is 93.4 cm³/mol. The molecule has 0 bridgehead atoms. The van der Waals surface area contributed by atoms with E-state index >= 15 is 0 Å². The molecule has 2 aromatic carbocycles. The fourth-order valence-corrected chi connectivity index (χ4v) is 2.98. The molecule has 0 aromatic heterocycles. The van der Waals surface area contributed by atoms with E-state index in [0.29, 0.717) is 17.7 Å². The van der Waals surface area contributed by atoms with E-state index in [-0.39, 0.29) is 17.5 Å². The van der Waals surface area contributed by atoms with Gasteiger partial charge in [0.15, 0.2) is 17.5 Å². The van der Waals surface area contributed by atoms with E-state index in [1.54, 1.807) is 24.3 Å². The highest BCUT2D eigenvalue weighted by atomic mass is 19.2. The number of nitrogens with one attached hydrogen (secondary N) is 2. The Bertz CT molecular complexity index is 772. The standard InChI is InChI=1S/C19H20F3N3O/c1-25-7-6-23-15(11-25)10-24-19(26)13-4-2-12(3-5-13)14-8-16(20)18(22)17(21)9-14/h2-5,8-9,15,23H,6-7,10-11H2,1H3,(H,24,26)/t15-/m0/s1. The second-order valence-electron chi connectivity index (χ2n) is 6.45. The van der Waals surface area contributed by atoms with Gasteiger partial charge in [-0.2, -0.15) is 0 Å². The van der Waals surface area contributed by atoms with Crippen LogP contribution in [0.2, 0.25) is 0 Å². The molecular weight excluding hydrogens is 343 g/mol. The Morgan fingerprint density at radius 3 is 2.42 bits per heavy atom. The summed E-state index contributed by atoms with van der Waals surface area (Å²) in [5, 5.41) is 6.22. The summed E-state index contributed by atoms with van der Waals surface area (Å²) in [5.41, 5.74) is 1.15. The van der Waals surface area contributed by atoms with Gasteiger partial charge in [-0.1, -0.05) is 12.1 Å². The highest BCUT2D eigenvalue weighted by Gasteiger charge is 2.17. The Hall–Kier alpha value is -2.38. The van der Waals surface area contributed by atoms with Crippen molar-refractivity contribution in [2.75, 3.05) is 33.2 Å². The Labute approximate surface area is 150 Å². The summed E-state index contributed by atoms with van der Waals surface area (Å²) in [5.74, 6) is -4.20. The molecule has 0 unspecified atom stereocenters. The van der Waals surface area contributed by atoms with E-state index in [1.807, 2.05) is 7.05 Å². The first-order chi connectivity index (χ1) is 12.4. The van der Waals surface area contributed by atoms with Crippen LogP contribution in [0, 0.1) is 17.5 Å². The van der Waals surface area contributed by atoms with Crippen LogP contribution >= 0.6 is 0 Å². The molecule has 7 heteroatoms. The number of hydrogen-bond donors (Lipinski definition) is 2. The minimum absolute atomic E-state index is 0.196. The number of carbonyl (C=O) groups is 1. The lowest BCUT2D eigenvalue weighted by Gasteiger charge is -2.30. The predicted octanol–water partition coefficient (Wildman–Crippen LogP) is 2.40. The van der Waals surface area contributed by atoms with Gasteiger partial charge in [0.1, 0.15) is 0 Å². The van der Waals surface area contributed by atoms with Crippen molar-refractivity contribution >= 4 is 5.91 Å². The molecule has 2 aromatic rings. The van der Waals surface area contributed by atoms with Gasteiger partial charge in [-0.3, -0.25) is 4.79 Å². The van der Waals surface area contributed by atoms with Crippen molar-refractivity contribution in [3.63, 3.8) is 0 Å². The molecule has 1 heterocycles. The smallest absolute Gasteiger partial charge is 0.251 e. The van der Waals surface area contributed by atoms with Crippen LogP contribution in [0.1, 0.15) is 10.4 Å². The molecule has 0 radical (unpaired) electrons. The maximum absolute atomic E-state index is 13.3. The first kappa shape index (κ1) is 18.4. The Kier molecular flexibility index (Phi) is 5.58. The van der Waals surface area contributed by atoms with Crippen molar-refractivity contribution in [2.24, 2.45) is 0 Å². The zero-order valence-corrected chi connectivity index (χ0v) is 14.4. The van der Waals surface area contributed by atoms with E-state index in [1.165, 1.54) is 0 Å². The van der Waals surface area contributed by atoms with Gasteiger partial charge >= 0.3 is 0 Å². The lowest BCUT2D eigenvalue weighted by molar-refractivity contribution is 0.0944. The molecule has 138 valence electrons. The second kappa shape index (κ2) is 7.88. The molecular formula is C19H20F3N3O. The van der Waals surface area contributed by atoms with Crippen molar-refractivity contribution in [3.05, 3.63) is 59.4 Å². The minimum atomic E-state index is -1.49. The normalized spacial score (nSPS) is 17.9. The highest BCUT2D eigenvalue weighted by Crippen LogP contribution is 2.24. The number of benzene rings is 2. The third-order valence-corrected chi connectivity index (χ3v) is 4.43. The number of hydrogen-bond acceptors (Lipinski definition) is 3. The summed E-state index contributed by atoms with van der Waals surface area (Å²) in [6, 6.07) is 8.36. The molecule has 1 aliphatic rings. The SMILES string of the molecule is CN1CCN[C@@H](CNC(=O)c2ccc(-c3cc(F)c(F)c(F)c3)cc2)C1. The number of carbonyl (C=O) groups excluding carboxylic acids is 1. The lowest BCUT2D eigenvalue weighted by Crippen LogP contribution is -2.53. The zero-order chi connectivity index (χ0) is 18.7. The van der Waals surface area contributed by atoms with E-state index in [2.05, 4.69) is 15.5 Å². The van der Waals surface area contributed by atoms with Crippen molar-refractivity contribution in [2.45, 2.75) is 6.04 Å². The van der Waals surface area contributed by atoms with Gasteiger partial charge < -0.3 is 15.5 Å². The number of halogens is 3. The van der Waals surface area contributed by atoms with E-state index in [9.17, 15) is 18.0 Å². The van der Waals surface area contributed by atoms with Crippen molar-refractivity contribution in [3.8, 4) is 11.1 Å². The van der Waals surface area contributed by atoms with Gasteiger partial charge in [0.05, 0.1) is 0 Å². The molecule has 4 nitrogen and oxygen atoms in total. The Morgan fingerprint density at radius 2 is 1.81 bits per heavy atom. The summed E-state index contributed by atoms with van der Waals surface area (Å²) < 4.78 is 39.7. The van der Waals surface area contributed by atoms with E-state index in [4.69, 9.17) is 0 Å². The van der Waals surface area contributed by atoms with Crippen LogP contribution in [-0.2, 0) is 0 Å². The molecule has 3 rings (SSSR count). The van der Waals surface area contributed by atoms with Crippen molar-refractivity contribution < 1.29 is 18.0 Å². The van der Waals surface area contributed by atoms with Gasteiger partial charge in [0.25, 0.3) is 5.91 Å². The quantitative estimate of drug-likeness (QED) is 0.820.